The third-order valence-electron chi connectivity index (χ3n) is 4.06. The van der Waals surface area contributed by atoms with Crippen LogP contribution in [0.1, 0.15) is 51.7 Å². The molecule has 0 saturated heterocycles. The summed E-state index contributed by atoms with van der Waals surface area (Å²) in [5.41, 5.74) is 1.69. The minimum absolute atomic E-state index is 0.208. The average Bonchev–Trinajstić information content (AvgIpc) is 2.33. The molecule has 20 heavy (non-hydrogen) atoms. The summed E-state index contributed by atoms with van der Waals surface area (Å²) in [4.78, 5) is 0. The van der Waals surface area contributed by atoms with E-state index < -0.39 is 0 Å². The zero-order valence-corrected chi connectivity index (χ0v) is 16.3. The Kier molecular flexibility index (Phi) is 5.95. The van der Waals surface area contributed by atoms with Gasteiger partial charge in [0.1, 0.15) is 0 Å². The summed E-state index contributed by atoms with van der Waals surface area (Å²) in [6, 6.07) is 8.52. The summed E-state index contributed by atoms with van der Waals surface area (Å²) in [5, 5.41) is 0. The van der Waals surface area contributed by atoms with Crippen LogP contribution in [0, 0.1) is 11.3 Å². The standard InChI is InChI=1S/C17H24BrIO/c1-12-7-15(10-17(2,3)9-12)20-16(11-19)13-5-4-6-14(18)8-13/h4-6,8,12,15-16H,7,9-11H2,1-3H3. The fourth-order valence-corrected chi connectivity index (χ4v) is 4.64. The Morgan fingerprint density at radius 1 is 1.40 bits per heavy atom. The maximum absolute atomic E-state index is 6.46. The molecule has 0 aliphatic heterocycles. The van der Waals surface area contributed by atoms with E-state index in [1.807, 2.05) is 0 Å². The zero-order valence-electron chi connectivity index (χ0n) is 12.5. The third kappa shape index (κ3) is 4.70. The topological polar surface area (TPSA) is 9.23 Å². The van der Waals surface area contributed by atoms with E-state index in [0.717, 1.165) is 14.8 Å². The minimum Gasteiger partial charge on any atom is -0.369 e. The lowest BCUT2D eigenvalue weighted by Gasteiger charge is -2.40. The molecule has 0 N–H and O–H groups in total. The van der Waals surface area contributed by atoms with Gasteiger partial charge in [-0.1, -0.05) is 71.4 Å². The molecule has 1 aliphatic carbocycles. The first kappa shape index (κ1) is 16.8. The summed E-state index contributed by atoms with van der Waals surface area (Å²) in [5.74, 6) is 0.765. The summed E-state index contributed by atoms with van der Waals surface area (Å²) >= 11 is 5.99. The van der Waals surface area contributed by atoms with Crippen molar-refractivity contribution in [2.45, 2.75) is 52.2 Å². The first-order valence-corrected chi connectivity index (χ1v) is 9.68. The smallest absolute Gasteiger partial charge is 0.0918 e. The minimum atomic E-state index is 0.208. The molecule has 1 fully saturated rings. The van der Waals surface area contributed by atoms with E-state index in [4.69, 9.17) is 4.74 Å². The van der Waals surface area contributed by atoms with Crippen molar-refractivity contribution in [2.24, 2.45) is 11.3 Å². The molecule has 1 aromatic rings. The van der Waals surface area contributed by atoms with Gasteiger partial charge in [0.15, 0.2) is 0 Å². The van der Waals surface area contributed by atoms with Crippen molar-refractivity contribution >= 4 is 38.5 Å². The summed E-state index contributed by atoms with van der Waals surface area (Å²) in [7, 11) is 0. The van der Waals surface area contributed by atoms with Crippen LogP contribution in [-0.4, -0.2) is 10.5 Å². The van der Waals surface area contributed by atoms with Gasteiger partial charge in [0.25, 0.3) is 0 Å². The van der Waals surface area contributed by atoms with E-state index in [2.05, 4.69) is 83.6 Å². The number of hydrogen-bond donors (Lipinski definition) is 0. The molecule has 3 heteroatoms. The Bertz CT molecular complexity index is 446. The highest BCUT2D eigenvalue weighted by molar-refractivity contribution is 14.1. The van der Waals surface area contributed by atoms with Gasteiger partial charge in [-0.3, -0.25) is 0 Å². The van der Waals surface area contributed by atoms with Crippen LogP contribution in [0.5, 0.6) is 0 Å². The number of hydrogen-bond acceptors (Lipinski definition) is 1. The molecule has 1 aromatic carbocycles. The Morgan fingerprint density at radius 2 is 2.15 bits per heavy atom. The molecule has 3 unspecified atom stereocenters. The van der Waals surface area contributed by atoms with Gasteiger partial charge >= 0.3 is 0 Å². The van der Waals surface area contributed by atoms with E-state index in [-0.39, 0.29) is 6.10 Å². The number of alkyl halides is 1. The summed E-state index contributed by atoms with van der Waals surface area (Å²) < 4.78 is 8.59. The molecule has 1 saturated carbocycles. The fourth-order valence-electron chi connectivity index (χ4n) is 3.51. The molecule has 1 nitrogen and oxygen atoms in total. The maximum Gasteiger partial charge on any atom is 0.0918 e. The lowest BCUT2D eigenvalue weighted by atomic mass is 9.71. The largest absolute Gasteiger partial charge is 0.369 e. The van der Waals surface area contributed by atoms with E-state index in [1.54, 1.807) is 0 Å². The second-order valence-electron chi connectivity index (χ2n) is 6.87. The first-order valence-electron chi connectivity index (χ1n) is 7.36. The Labute approximate surface area is 145 Å². The van der Waals surface area contributed by atoms with Crippen LogP contribution in [0.15, 0.2) is 28.7 Å². The van der Waals surface area contributed by atoms with Crippen LogP contribution in [-0.2, 0) is 4.74 Å². The van der Waals surface area contributed by atoms with Gasteiger partial charge in [0, 0.05) is 8.90 Å². The van der Waals surface area contributed by atoms with Gasteiger partial charge in [-0.15, -0.1) is 0 Å². The van der Waals surface area contributed by atoms with Crippen molar-refractivity contribution in [3.8, 4) is 0 Å². The highest BCUT2D eigenvalue weighted by atomic mass is 127. The summed E-state index contributed by atoms with van der Waals surface area (Å²) in [6.07, 6.45) is 4.30. The zero-order chi connectivity index (χ0) is 14.8. The van der Waals surface area contributed by atoms with Crippen molar-refractivity contribution in [3.63, 3.8) is 0 Å². The van der Waals surface area contributed by atoms with E-state index >= 15 is 0 Å². The van der Waals surface area contributed by atoms with E-state index in [0.29, 0.717) is 11.5 Å². The lowest BCUT2D eigenvalue weighted by Crippen LogP contribution is -2.33. The molecule has 112 valence electrons. The highest BCUT2D eigenvalue weighted by Crippen LogP contribution is 2.41. The van der Waals surface area contributed by atoms with Crippen molar-refractivity contribution in [1.29, 1.82) is 0 Å². The molecule has 2 rings (SSSR count). The number of ether oxygens (including phenoxy) is 1. The number of benzene rings is 1. The molecule has 0 heterocycles. The monoisotopic (exact) mass is 450 g/mol. The highest BCUT2D eigenvalue weighted by Gasteiger charge is 2.33. The van der Waals surface area contributed by atoms with Crippen molar-refractivity contribution < 1.29 is 4.74 Å². The van der Waals surface area contributed by atoms with Crippen LogP contribution < -0.4 is 0 Å². The Balaban J connectivity index is 2.06. The van der Waals surface area contributed by atoms with Gasteiger partial charge < -0.3 is 4.74 Å². The van der Waals surface area contributed by atoms with Gasteiger partial charge in [-0.2, -0.15) is 0 Å². The van der Waals surface area contributed by atoms with Gasteiger partial charge in [-0.25, -0.2) is 0 Å². The predicted octanol–water partition coefficient (Wildman–Crippen LogP) is 6.16. The number of halogens is 2. The molecule has 0 bridgehead atoms. The normalized spacial score (nSPS) is 27.2. The SMILES string of the molecule is CC1CC(OC(CI)c2cccc(Br)c2)CC(C)(C)C1. The van der Waals surface area contributed by atoms with Crippen molar-refractivity contribution in [1.82, 2.24) is 0 Å². The summed E-state index contributed by atoms with van der Waals surface area (Å²) in [6.45, 7) is 7.10. The molecule has 0 spiro atoms. The van der Waals surface area contributed by atoms with Crippen LogP contribution in [0.3, 0.4) is 0 Å². The van der Waals surface area contributed by atoms with Crippen molar-refractivity contribution in [3.05, 3.63) is 34.3 Å². The second-order valence-corrected chi connectivity index (χ2v) is 8.67. The molecule has 0 radical (unpaired) electrons. The van der Waals surface area contributed by atoms with Gasteiger partial charge in [0.2, 0.25) is 0 Å². The molecule has 0 amide bonds. The van der Waals surface area contributed by atoms with Crippen molar-refractivity contribution in [2.75, 3.05) is 4.43 Å². The van der Waals surface area contributed by atoms with Gasteiger partial charge in [0.05, 0.1) is 12.2 Å². The molecule has 3 atom stereocenters. The predicted molar refractivity (Wildman–Crippen MR) is 97.4 cm³/mol. The van der Waals surface area contributed by atoms with E-state index in [1.165, 1.54) is 24.8 Å². The van der Waals surface area contributed by atoms with Crippen LogP contribution in [0.25, 0.3) is 0 Å². The van der Waals surface area contributed by atoms with Crippen LogP contribution in [0.4, 0.5) is 0 Å². The van der Waals surface area contributed by atoms with Crippen LogP contribution >= 0.6 is 38.5 Å². The molecular formula is C17H24BrIO. The quantitative estimate of drug-likeness (QED) is 0.394. The molecule has 0 aromatic heterocycles. The fraction of sp³-hybridized carbons (Fsp3) is 0.647. The number of rotatable bonds is 4. The lowest BCUT2D eigenvalue weighted by molar-refractivity contribution is -0.0574. The van der Waals surface area contributed by atoms with E-state index in [9.17, 15) is 0 Å². The van der Waals surface area contributed by atoms with Gasteiger partial charge in [-0.05, 0) is 48.3 Å². The molecule has 1 aliphatic rings. The van der Waals surface area contributed by atoms with Crippen LogP contribution in [0.2, 0.25) is 0 Å². The Hall–Kier alpha value is 0.390. The third-order valence-corrected chi connectivity index (χ3v) is 5.36. The first-order chi connectivity index (χ1) is 9.39. The Morgan fingerprint density at radius 3 is 2.75 bits per heavy atom. The maximum atomic E-state index is 6.46. The average molecular weight is 451 g/mol. The second kappa shape index (κ2) is 7.10. The molecular weight excluding hydrogens is 427 g/mol.